The highest BCUT2D eigenvalue weighted by Crippen LogP contribution is 2.24. The van der Waals surface area contributed by atoms with Gasteiger partial charge in [0.25, 0.3) is 5.91 Å². The molecule has 2 aromatic carbocycles. The number of nitrogens with one attached hydrogen (secondary N) is 2. The molecule has 4 rings (SSSR count). The van der Waals surface area contributed by atoms with Crippen LogP contribution in [0.4, 0.5) is 11.4 Å². The van der Waals surface area contributed by atoms with Gasteiger partial charge < -0.3 is 15.2 Å². The van der Waals surface area contributed by atoms with E-state index in [1.165, 1.54) is 0 Å². The SMILES string of the molecule is O=C(Nc1ccc(N2CCCC2=O)cc1)c1cc2cc(Cl)ccc2[nH]1. The lowest BCUT2D eigenvalue weighted by Crippen LogP contribution is -2.23. The van der Waals surface area contributed by atoms with Gasteiger partial charge in [-0.25, -0.2) is 0 Å². The third-order valence-corrected chi connectivity index (χ3v) is 4.57. The number of hydrogen-bond donors (Lipinski definition) is 2. The average Bonchev–Trinajstić information content (AvgIpc) is 3.21. The third-order valence-electron chi connectivity index (χ3n) is 4.34. The number of fused-ring (bicyclic) bond motifs is 1. The number of carbonyl (C=O) groups excluding carboxylic acids is 2. The van der Waals surface area contributed by atoms with Gasteiger partial charge in [-0.15, -0.1) is 0 Å². The van der Waals surface area contributed by atoms with Crippen LogP contribution in [0.25, 0.3) is 10.9 Å². The van der Waals surface area contributed by atoms with Gasteiger partial charge in [0.05, 0.1) is 0 Å². The van der Waals surface area contributed by atoms with E-state index in [1.807, 2.05) is 24.3 Å². The topological polar surface area (TPSA) is 65.2 Å². The molecule has 2 N–H and O–H groups in total. The minimum Gasteiger partial charge on any atom is -0.351 e. The van der Waals surface area contributed by atoms with Crippen LogP contribution in [0, 0.1) is 0 Å². The van der Waals surface area contributed by atoms with Crippen LogP contribution >= 0.6 is 11.6 Å². The molecule has 1 aromatic heterocycles. The van der Waals surface area contributed by atoms with Crippen molar-refractivity contribution in [2.75, 3.05) is 16.8 Å². The van der Waals surface area contributed by atoms with E-state index >= 15 is 0 Å². The first kappa shape index (κ1) is 15.7. The molecule has 0 bridgehead atoms. The summed E-state index contributed by atoms with van der Waals surface area (Å²) < 4.78 is 0. The van der Waals surface area contributed by atoms with Gasteiger partial charge in [-0.05, 0) is 55.0 Å². The van der Waals surface area contributed by atoms with Crippen molar-refractivity contribution in [3.63, 3.8) is 0 Å². The molecule has 1 aliphatic rings. The fraction of sp³-hybridized carbons (Fsp3) is 0.158. The zero-order valence-corrected chi connectivity index (χ0v) is 14.1. The highest BCUT2D eigenvalue weighted by atomic mass is 35.5. The van der Waals surface area contributed by atoms with Crippen molar-refractivity contribution in [2.45, 2.75) is 12.8 Å². The van der Waals surface area contributed by atoms with Gasteiger partial charge in [0.15, 0.2) is 0 Å². The summed E-state index contributed by atoms with van der Waals surface area (Å²) >= 11 is 5.97. The van der Waals surface area contributed by atoms with E-state index in [0.29, 0.717) is 22.8 Å². The summed E-state index contributed by atoms with van der Waals surface area (Å²) in [6, 6.07) is 14.5. The van der Waals surface area contributed by atoms with Crippen molar-refractivity contribution in [1.82, 2.24) is 4.98 Å². The van der Waals surface area contributed by atoms with Crippen LogP contribution in [-0.2, 0) is 4.79 Å². The summed E-state index contributed by atoms with van der Waals surface area (Å²) in [6.45, 7) is 0.752. The Morgan fingerprint density at radius 1 is 1.12 bits per heavy atom. The smallest absolute Gasteiger partial charge is 0.272 e. The number of aromatic amines is 1. The number of rotatable bonds is 3. The van der Waals surface area contributed by atoms with Gasteiger partial charge >= 0.3 is 0 Å². The second-order valence-electron chi connectivity index (χ2n) is 6.06. The van der Waals surface area contributed by atoms with Crippen LogP contribution in [-0.4, -0.2) is 23.3 Å². The molecule has 2 amide bonds. The predicted molar refractivity (Wildman–Crippen MR) is 99.3 cm³/mol. The lowest BCUT2D eigenvalue weighted by atomic mass is 10.2. The first-order valence-corrected chi connectivity index (χ1v) is 8.48. The molecule has 25 heavy (non-hydrogen) atoms. The Kier molecular flexibility index (Phi) is 3.93. The van der Waals surface area contributed by atoms with Gasteiger partial charge in [0, 0.05) is 40.3 Å². The predicted octanol–water partition coefficient (Wildman–Crippen LogP) is 4.20. The molecule has 5 nitrogen and oxygen atoms in total. The molecule has 6 heteroatoms. The van der Waals surface area contributed by atoms with Gasteiger partial charge in [-0.3, -0.25) is 9.59 Å². The molecule has 0 aliphatic carbocycles. The van der Waals surface area contributed by atoms with Crippen molar-refractivity contribution in [2.24, 2.45) is 0 Å². The molecule has 1 aliphatic heterocycles. The minimum absolute atomic E-state index is 0.147. The molecule has 0 saturated carbocycles. The number of H-pyrrole nitrogens is 1. The highest BCUT2D eigenvalue weighted by molar-refractivity contribution is 6.31. The standard InChI is InChI=1S/C19H16ClN3O2/c20-13-3-8-16-12(10-13)11-17(22-16)19(25)21-14-4-6-15(7-5-14)23-9-1-2-18(23)24/h3-8,10-11,22H,1-2,9H2,(H,21,25). The van der Waals surface area contributed by atoms with Gasteiger partial charge in [0.1, 0.15) is 5.69 Å². The van der Waals surface area contributed by atoms with Gasteiger partial charge in [0.2, 0.25) is 5.91 Å². The molecule has 0 radical (unpaired) electrons. The number of carbonyl (C=O) groups is 2. The zero-order chi connectivity index (χ0) is 17.4. The van der Waals surface area contributed by atoms with E-state index in [0.717, 1.165) is 29.6 Å². The Bertz CT molecular complexity index is 962. The van der Waals surface area contributed by atoms with E-state index in [2.05, 4.69) is 10.3 Å². The first-order chi connectivity index (χ1) is 12.1. The first-order valence-electron chi connectivity index (χ1n) is 8.10. The monoisotopic (exact) mass is 353 g/mol. The molecule has 0 spiro atoms. The number of aromatic nitrogens is 1. The Hall–Kier alpha value is -2.79. The van der Waals surface area contributed by atoms with Crippen LogP contribution in [0.1, 0.15) is 23.3 Å². The molecule has 2 heterocycles. The van der Waals surface area contributed by atoms with E-state index in [1.54, 1.807) is 29.2 Å². The minimum atomic E-state index is -0.225. The summed E-state index contributed by atoms with van der Waals surface area (Å²) in [5.74, 6) is -0.0779. The van der Waals surface area contributed by atoms with Crippen molar-refractivity contribution in [1.29, 1.82) is 0 Å². The van der Waals surface area contributed by atoms with Crippen molar-refractivity contribution < 1.29 is 9.59 Å². The molecule has 126 valence electrons. The maximum atomic E-state index is 12.4. The highest BCUT2D eigenvalue weighted by Gasteiger charge is 2.21. The van der Waals surface area contributed by atoms with E-state index < -0.39 is 0 Å². The molecule has 0 atom stereocenters. The molecule has 0 unspecified atom stereocenters. The molecule has 3 aromatic rings. The number of nitrogens with zero attached hydrogens (tertiary/aromatic N) is 1. The van der Waals surface area contributed by atoms with Gasteiger partial charge in [-0.1, -0.05) is 11.6 Å². The second kappa shape index (κ2) is 6.26. The second-order valence-corrected chi connectivity index (χ2v) is 6.50. The maximum absolute atomic E-state index is 12.4. The lowest BCUT2D eigenvalue weighted by Gasteiger charge is -2.16. The summed E-state index contributed by atoms with van der Waals surface area (Å²) in [4.78, 5) is 29.0. The maximum Gasteiger partial charge on any atom is 0.272 e. The summed E-state index contributed by atoms with van der Waals surface area (Å²) in [6.07, 6.45) is 1.49. The van der Waals surface area contributed by atoms with Crippen molar-refractivity contribution in [3.05, 3.63) is 59.2 Å². The fourth-order valence-electron chi connectivity index (χ4n) is 3.07. The number of hydrogen-bond acceptors (Lipinski definition) is 2. The van der Waals surface area contributed by atoms with Crippen LogP contribution in [0.15, 0.2) is 48.5 Å². The summed E-state index contributed by atoms with van der Waals surface area (Å²) in [5.41, 5.74) is 2.87. The van der Waals surface area contributed by atoms with Gasteiger partial charge in [-0.2, -0.15) is 0 Å². The fourth-order valence-corrected chi connectivity index (χ4v) is 3.25. The van der Waals surface area contributed by atoms with Crippen LogP contribution in [0.2, 0.25) is 5.02 Å². The Morgan fingerprint density at radius 3 is 2.64 bits per heavy atom. The van der Waals surface area contributed by atoms with Crippen molar-refractivity contribution in [3.8, 4) is 0 Å². The number of anilines is 2. The zero-order valence-electron chi connectivity index (χ0n) is 13.4. The van der Waals surface area contributed by atoms with Crippen molar-refractivity contribution >= 4 is 45.7 Å². The normalized spacial score (nSPS) is 14.3. The largest absolute Gasteiger partial charge is 0.351 e. The molecular formula is C19H16ClN3O2. The quantitative estimate of drug-likeness (QED) is 0.741. The Labute approximate surface area is 149 Å². The lowest BCUT2D eigenvalue weighted by molar-refractivity contribution is -0.117. The summed E-state index contributed by atoms with van der Waals surface area (Å²) in [7, 11) is 0. The molecular weight excluding hydrogens is 338 g/mol. The van der Waals surface area contributed by atoms with Crippen LogP contribution < -0.4 is 10.2 Å². The number of amides is 2. The Morgan fingerprint density at radius 2 is 1.92 bits per heavy atom. The van der Waals surface area contributed by atoms with E-state index in [-0.39, 0.29) is 11.8 Å². The number of benzene rings is 2. The Balaban J connectivity index is 1.50. The number of halogens is 1. The van der Waals surface area contributed by atoms with E-state index in [4.69, 9.17) is 11.6 Å². The van der Waals surface area contributed by atoms with E-state index in [9.17, 15) is 9.59 Å². The third kappa shape index (κ3) is 3.10. The summed E-state index contributed by atoms with van der Waals surface area (Å²) in [5, 5.41) is 4.38. The molecule has 1 saturated heterocycles. The van der Waals surface area contributed by atoms with Crippen LogP contribution in [0.5, 0.6) is 0 Å². The average molecular weight is 354 g/mol. The molecule has 1 fully saturated rings. The van der Waals surface area contributed by atoms with Crippen LogP contribution in [0.3, 0.4) is 0 Å².